The molecule has 3 rings (SSSR count). The normalized spacial score (nSPS) is 15.1. The summed E-state index contributed by atoms with van der Waals surface area (Å²) in [6.45, 7) is 2.04. The molecule has 0 saturated carbocycles. The van der Waals surface area contributed by atoms with Gasteiger partial charge in [0.25, 0.3) is 5.95 Å². The largest absolute Gasteiger partial charge is 0.473 e. The number of benzene rings is 1. The molecule has 5 nitrogen and oxygen atoms in total. The van der Waals surface area contributed by atoms with Crippen molar-refractivity contribution < 1.29 is 9.57 Å². The maximum atomic E-state index is 5.69. The Morgan fingerprint density at radius 1 is 1.15 bits per heavy atom. The number of aromatic nitrogens is 2. The minimum absolute atomic E-state index is 0.498. The summed E-state index contributed by atoms with van der Waals surface area (Å²) in [6, 6.07) is 11.8. The standard InChI is InChI=1S/C15H17N3O2/c1-2-6-13(7-3-1)12-19-14-8-9-16-15(17-14)18-10-4-5-11-20-18/h1-3,6-9H,4-5,10-12H2. The monoisotopic (exact) mass is 271 g/mol. The highest BCUT2D eigenvalue weighted by molar-refractivity contribution is 5.29. The molecule has 0 bridgehead atoms. The number of anilines is 1. The Hall–Kier alpha value is -2.14. The van der Waals surface area contributed by atoms with E-state index in [0.717, 1.165) is 31.6 Å². The van der Waals surface area contributed by atoms with E-state index < -0.39 is 0 Å². The van der Waals surface area contributed by atoms with Crippen LogP contribution in [-0.2, 0) is 11.4 Å². The Bertz CT molecular complexity index is 542. The number of hydroxylamine groups is 1. The van der Waals surface area contributed by atoms with Crippen molar-refractivity contribution >= 4 is 5.95 Å². The van der Waals surface area contributed by atoms with Crippen LogP contribution in [0.3, 0.4) is 0 Å². The van der Waals surface area contributed by atoms with Crippen LogP contribution in [0.15, 0.2) is 42.6 Å². The summed E-state index contributed by atoms with van der Waals surface area (Å²) < 4.78 is 5.69. The van der Waals surface area contributed by atoms with E-state index in [0.29, 0.717) is 18.4 Å². The summed E-state index contributed by atoms with van der Waals surface area (Å²) in [6.07, 6.45) is 3.87. The van der Waals surface area contributed by atoms with Gasteiger partial charge in [-0.15, -0.1) is 0 Å². The first-order valence-corrected chi connectivity index (χ1v) is 6.82. The molecule has 5 heteroatoms. The molecule has 0 aliphatic carbocycles. The smallest absolute Gasteiger partial charge is 0.253 e. The van der Waals surface area contributed by atoms with Crippen LogP contribution in [0.25, 0.3) is 0 Å². The Balaban J connectivity index is 1.65. The van der Waals surface area contributed by atoms with Crippen LogP contribution in [0, 0.1) is 0 Å². The number of ether oxygens (including phenoxy) is 1. The lowest BCUT2D eigenvalue weighted by Gasteiger charge is -2.25. The molecule has 0 N–H and O–H groups in total. The van der Waals surface area contributed by atoms with Crippen LogP contribution in [-0.4, -0.2) is 23.1 Å². The molecule has 1 aliphatic heterocycles. The summed E-state index contributed by atoms with van der Waals surface area (Å²) in [4.78, 5) is 14.1. The minimum atomic E-state index is 0.498. The lowest BCUT2D eigenvalue weighted by atomic mass is 10.2. The van der Waals surface area contributed by atoms with Gasteiger partial charge in [0.2, 0.25) is 5.88 Å². The summed E-state index contributed by atoms with van der Waals surface area (Å²) in [7, 11) is 0. The second-order valence-electron chi connectivity index (χ2n) is 4.61. The first-order chi connectivity index (χ1) is 9.92. The van der Waals surface area contributed by atoms with Gasteiger partial charge in [0, 0.05) is 18.8 Å². The fraction of sp³-hybridized carbons (Fsp3) is 0.333. The summed E-state index contributed by atoms with van der Waals surface area (Å²) in [5, 5.41) is 1.73. The predicted octanol–water partition coefficient (Wildman–Crippen LogP) is 2.59. The third kappa shape index (κ3) is 3.24. The first-order valence-electron chi connectivity index (χ1n) is 6.82. The van der Waals surface area contributed by atoms with E-state index in [1.807, 2.05) is 30.3 Å². The highest BCUT2D eigenvalue weighted by Crippen LogP contribution is 2.17. The van der Waals surface area contributed by atoms with Gasteiger partial charge in [0.1, 0.15) is 6.61 Å². The van der Waals surface area contributed by atoms with Crippen molar-refractivity contribution in [2.45, 2.75) is 19.4 Å². The number of hydrogen-bond acceptors (Lipinski definition) is 5. The molecule has 0 amide bonds. The van der Waals surface area contributed by atoms with Crippen LogP contribution in [0.4, 0.5) is 5.95 Å². The Morgan fingerprint density at radius 2 is 2.05 bits per heavy atom. The van der Waals surface area contributed by atoms with Gasteiger partial charge < -0.3 is 4.74 Å². The fourth-order valence-electron chi connectivity index (χ4n) is 2.02. The highest BCUT2D eigenvalue weighted by Gasteiger charge is 2.15. The maximum absolute atomic E-state index is 5.69. The zero-order valence-electron chi connectivity index (χ0n) is 11.2. The molecule has 2 heterocycles. The molecule has 1 aliphatic rings. The van der Waals surface area contributed by atoms with Crippen molar-refractivity contribution in [2.24, 2.45) is 0 Å². The summed E-state index contributed by atoms with van der Waals surface area (Å²) >= 11 is 0. The molecule has 0 unspecified atom stereocenters. The van der Waals surface area contributed by atoms with Crippen molar-refractivity contribution in [3.63, 3.8) is 0 Å². The van der Waals surface area contributed by atoms with Crippen LogP contribution in [0.1, 0.15) is 18.4 Å². The molecule has 1 fully saturated rings. The fourth-order valence-corrected chi connectivity index (χ4v) is 2.02. The van der Waals surface area contributed by atoms with Crippen LogP contribution in [0.2, 0.25) is 0 Å². The number of nitrogens with zero attached hydrogens (tertiary/aromatic N) is 3. The average Bonchev–Trinajstić information content (AvgIpc) is 2.55. The lowest BCUT2D eigenvalue weighted by Crippen LogP contribution is -2.31. The molecule has 1 saturated heterocycles. The molecule has 1 aromatic heterocycles. The second kappa shape index (κ2) is 6.34. The Kier molecular flexibility index (Phi) is 4.08. The van der Waals surface area contributed by atoms with Crippen LogP contribution >= 0.6 is 0 Å². The predicted molar refractivity (Wildman–Crippen MR) is 75.3 cm³/mol. The Labute approximate surface area is 118 Å². The third-order valence-electron chi connectivity index (χ3n) is 3.07. The minimum Gasteiger partial charge on any atom is -0.473 e. The maximum Gasteiger partial charge on any atom is 0.253 e. The molecule has 0 radical (unpaired) electrons. The van der Waals surface area contributed by atoms with Crippen molar-refractivity contribution in [1.29, 1.82) is 0 Å². The molecular formula is C15H17N3O2. The van der Waals surface area contributed by atoms with Crippen molar-refractivity contribution in [2.75, 3.05) is 18.2 Å². The second-order valence-corrected chi connectivity index (χ2v) is 4.61. The topological polar surface area (TPSA) is 47.5 Å². The van der Waals surface area contributed by atoms with Gasteiger partial charge >= 0.3 is 0 Å². The SMILES string of the molecule is c1ccc(COc2ccnc(N3CCCCO3)n2)cc1. The van der Waals surface area contributed by atoms with Crippen molar-refractivity contribution in [3.05, 3.63) is 48.2 Å². The van der Waals surface area contributed by atoms with E-state index in [9.17, 15) is 0 Å². The number of rotatable bonds is 4. The van der Waals surface area contributed by atoms with E-state index in [-0.39, 0.29) is 0 Å². The Morgan fingerprint density at radius 3 is 2.85 bits per heavy atom. The summed E-state index contributed by atoms with van der Waals surface area (Å²) in [5.74, 6) is 1.13. The van der Waals surface area contributed by atoms with Gasteiger partial charge in [-0.2, -0.15) is 4.98 Å². The van der Waals surface area contributed by atoms with Crippen molar-refractivity contribution in [1.82, 2.24) is 9.97 Å². The van der Waals surface area contributed by atoms with E-state index in [1.165, 1.54) is 0 Å². The lowest BCUT2D eigenvalue weighted by molar-refractivity contribution is 0.0739. The summed E-state index contributed by atoms with van der Waals surface area (Å²) in [5.41, 5.74) is 1.11. The average molecular weight is 271 g/mol. The molecule has 1 aromatic carbocycles. The quantitative estimate of drug-likeness (QED) is 0.855. The van der Waals surface area contributed by atoms with Gasteiger partial charge in [0.15, 0.2) is 0 Å². The van der Waals surface area contributed by atoms with Crippen molar-refractivity contribution in [3.8, 4) is 5.88 Å². The van der Waals surface area contributed by atoms with Gasteiger partial charge in [-0.25, -0.2) is 10.0 Å². The van der Waals surface area contributed by atoms with Gasteiger partial charge in [-0.1, -0.05) is 30.3 Å². The number of hydrogen-bond donors (Lipinski definition) is 0. The molecule has 2 aromatic rings. The highest BCUT2D eigenvalue weighted by atomic mass is 16.7. The van der Waals surface area contributed by atoms with Crippen LogP contribution in [0.5, 0.6) is 5.88 Å². The van der Waals surface area contributed by atoms with Gasteiger partial charge in [0.05, 0.1) is 6.61 Å². The van der Waals surface area contributed by atoms with E-state index in [4.69, 9.17) is 9.57 Å². The first kappa shape index (κ1) is 12.9. The van der Waals surface area contributed by atoms with Gasteiger partial charge in [-0.3, -0.25) is 4.84 Å². The van der Waals surface area contributed by atoms with E-state index >= 15 is 0 Å². The van der Waals surface area contributed by atoms with Gasteiger partial charge in [-0.05, 0) is 18.4 Å². The van der Waals surface area contributed by atoms with E-state index in [2.05, 4.69) is 9.97 Å². The molecule has 0 spiro atoms. The zero-order valence-corrected chi connectivity index (χ0v) is 11.2. The molecule has 104 valence electrons. The van der Waals surface area contributed by atoms with Crippen LogP contribution < -0.4 is 9.80 Å². The van der Waals surface area contributed by atoms with E-state index in [1.54, 1.807) is 17.3 Å². The third-order valence-corrected chi connectivity index (χ3v) is 3.07. The molecular weight excluding hydrogens is 254 g/mol. The molecule has 20 heavy (non-hydrogen) atoms. The molecule has 0 atom stereocenters. The zero-order chi connectivity index (χ0) is 13.6.